The summed E-state index contributed by atoms with van der Waals surface area (Å²) in [6, 6.07) is 0. The second kappa shape index (κ2) is 12.4. The Hall–Kier alpha value is -0.130. The summed E-state index contributed by atoms with van der Waals surface area (Å²) in [6.45, 7) is 8.19. The molecule has 0 saturated heterocycles. The zero-order chi connectivity index (χ0) is 23.1. The maximum atomic E-state index is 13.2. The summed E-state index contributed by atoms with van der Waals surface area (Å²) in [7, 11) is -6.85. The molecule has 176 valence electrons. The van der Waals surface area contributed by atoms with Crippen LogP contribution in [0.4, 0.5) is 0 Å². The van der Waals surface area contributed by atoms with Crippen LogP contribution in [0, 0.1) is 9.75 Å². The molecule has 0 N–H and O–H groups in total. The fourth-order valence-electron chi connectivity index (χ4n) is 3.17. The van der Waals surface area contributed by atoms with Crippen LogP contribution in [0.15, 0.2) is 6.33 Å². The Bertz CT molecular complexity index is 910. The zero-order valence-electron chi connectivity index (χ0n) is 18.0. The van der Waals surface area contributed by atoms with Crippen molar-refractivity contribution in [3.05, 3.63) is 15.3 Å². The van der Waals surface area contributed by atoms with Crippen molar-refractivity contribution in [3.63, 3.8) is 0 Å². The van der Waals surface area contributed by atoms with Crippen LogP contribution < -0.4 is 0 Å². The molecule has 14 heteroatoms. The minimum atomic E-state index is -3.42. The minimum absolute atomic E-state index is 0.0361. The topological polar surface area (TPSA) is 115 Å². The van der Waals surface area contributed by atoms with E-state index in [-0.39, 0.29) is 50.4 Å². The maximum absolute atomic E-state index is 13.2. The van der Waals surface area contributed by atoms with E-state index in [1.54, 1.807) is 38.6 Å². The molecule has 0 spiro atoms. The van der Waals surface area contributed by atoms with Gasteiger partial charge in [0, 0.05) is 29.1 Å². The van der Waals surface area contributed by atoms with Crippen molar-refractivity contribution in [3.8, 4) is 0 Å². The average Bonchev–Trinajstić information content (AvgIpc) is 3.05. The van der Waals surface area contributed by atoms with Gasteiger partial charge in [0.1, 0.15) is 5.52 Å². The normalized spacial score (nSPS) is 12.9. The van der Waals surface area contributed by atoms with Gasteiger partial charge < -0.3 is 22.7 Å². The van der Waals surface area contributed by atoms with E-state index >= 15 is 0 Å². The number of fused-ring (bicyclic) bond motifs is 1. The van der Waals surface area contributed by atoms with E-state index in [9.17, 15) is 9.13 Å². The fraction of sp³-hybridized carbons (Fsp3) is 0.706. The van der Waals surface area contributed by atoms with Gasteiger partial charge in [-0.25, -0.2) is 15.0 Å². The molecule has 0 fully saturated rings. The van der Waals surface area contributed by atoms with Gasteiger partial charge in [0.05, 0.1) is 45.1 Å². The fourth-order valence-corrected chi connectivity index (χ4v) is 8.10. The summed E-state index contributed by atoms with van der Waals surface area (Å²) in [4.78, 5) is 12.8. The van der Waals surface area contributed by atoms with Crippen molar-refractivity contribution < 1.29 is 27.2 Å². The zero-order valence-corrected chi connectivity index (χ0v) is 22.7. The Labute approximate surface area is 201 Å². The minimum Gasteiger partial charge on any atom is -0.315 e. The van der Waals surface area contributed by atoms with E-state index in [1.807, 2.05) is 22.6 Å². The summed E-state index contributed by atoms with van der Waals surface area (Å²) >= 11 is 8.16. The molecular weight excluding hydrogens is 581 g/mol. The lowest BCUT2D eigenvalue weighted by molar-refractivity contribution is 0.208. The molecule has 0 amide bonds. The van der Waals surface area contributed by atoms with Crippen LogP contribution in [0.3, 0.4) is 0 Å². The van der Waals surface area contributed by atoms with Gasteiger partial charge in [0.15, 0.2) is 14.6 Å². The van der Waals surface area contributed by atoms with E-state index < -0.39 is 21.1 Å². The molecule has 0 aliphatic heterocycles. The van der Waals surface area contributed by atoms with Gasteiger partial charge in [-0.15, -0.1) is 0 Å². The Balaban J connectivity index is 2.41. The lowest BCUT2D eigenvalue weighted by Crippen LogP contribution is -2.22. The second-order valence-electron chi connectivity index (χ2n) is 6.48. The first-order valence-corrected chi connectivity index (χ1v) is 14.9. The first-order valence-electron chi connectivity index (χ1n) is 9.99. The molecular formula is C17H28ClIN4O6P2. The number of aromatic nitrogens is 4. The predicted molar refractivity (Wildman–Crippen MR) is 128 cm³/mol. The molecule has 2 aromatic heterocycles. The van der Waals surface area contributed by atoms with Crippen LogP contribution >= 0.6 is 49.4 Å². The van der Waals surface area contributed by atoms with Crippen LogP contribution in [0.25, 0.3) is 11.2 Å². The highest BCUT2D eigenvalue weighted by atomic mass is 127. The second-order valence-corrected chi connectivity index (χ2v) is 12.0. The smallest absolute Gasteiger partial charge is 0.315 e. The van der Waals surface area contributed by atoms with Crippen molar-refractivity contribution in [1.82, 2.24) is 19.5 Å². The molecule has 0 atom stereocenters. The van der Waals surface area contributed by atoms with Gasteiger partial charge in [-0.2, -0.15) is 0 Å². The first kappa shape index (κ1) is 27.1. The number of hydrogen-bond acceptors (Lipinski definition) is 9. The highest BCUT2D eigenvalue weighted by Crippen LogP contribution is 2.55. The maximum Gasteiger partial charge on any atom is 0.331 e. The average molecular weight is 609 g/mol. The molecule has 0 aliphatic carbocycles. The van der Waals surface area contributed by atoms with Gasteiger partial charge in [-0.3, -0.25) is 9.13 Å². The van der Waals surface area contributed by atoms with Gasteiger partial charge in [0.2, 0.25) is 0 Å². The molecule has 0 aromatic carbocycles. The molecule has 31 heavy (non-hydrogen) atoms. The quantitative estimate of drug-likeness (QED) is 0.123. The molecule has 0 radical (unpaired) electrons. The molecule has 2 heterocycles. The number of hydrogen-bond donors (Lipinski definition) is 0. The van der Waals surface area contributed by atoms with Gasteiger partial charge in [0.25, 0.3) is 0 Å². The molecule has 0 aliphatic rings. The van der Waals surface area contributed by atoms with Crippen LogP contribution in [0.5, 0.6) is 0 Å². The van der Waals surface area contributed by atoms with Crippen molar-refractivity contribution in [1.29, 1.82) is 0 Å². The van der Waals surface area contributed by atoms with E-state index in [0.29, 0.717) is 15.0 Å². The third-order valence-corrected chi connectivity index (χ3v) is 9.40. The highest BCUT2D eigenvalue weighted by molar-refractivity contribution is 14.1. The lowest BCUT2D eigenvalue weighted by Gasteiger charge is -2.26. The molecule has 2 aromatic rings. The number of rotatable bonds is 14. The Morgan fingerprint density at radius 2 is 1.45 bits per heavy atom. The van der Waals surface area contributed by atoms with E-state index in [4.69, 9.17) is 29.7 Å². The van der Waals surface area contributed by atoms with E-state index in [2.05, 4.69) is 15.0 Å². The number of halogens is 2. The summed E-state index contributed by atoms with van der Waals surface area (Å²) in [5, 5.41) is 0.244. The van der Waals surface area contributed by atoms with E-state index in [1.165, 1.54) is 0 Å². The number of nitrogens with zero attached hydrogens (tertiary/aromatic N) is 4. The molecule has 2 rings (SSSR count). The third kappa shape index (κ3) is 7.71. The van der Waals surface area contributed by atoms with Crippen molar-refractivity contribution >= 4 is 60.5 Å². The molecule has 0 bridgehead atoms. The van der Waals surface area contributed by atoms with Crippen LogP contribution in [0.2, 0.25) is 5.15 Å². The molecule has 0 unspecified atom stereocenters. The van der Waals surface area contributed by atoms with Crippen LogP contribution in [-0.4, -0.2) is 58.3 Å². The summed E-state index contributed by atoms with van der Waals surface area (Å²) in [5.74, 6) is -0.434. The summed E-state index contributed by atoms with van der Waals surface area (Å²) in [6.07, 6.45) is 1.65. The Morgan fingerprint density at radius 3 is 1.90 bits per heavy atom. The van der Waals surface area contributed by atoms with Crippen LogP contribution in [0.1, 0.15) is 27.7 Å². The lowest BCUT2D eigenvalue weighted by atomic mass is 10.2. The molecule has 10 nitrogen and oxygen atoms in total. The third-order valence-electron chi connectivity index (χ3n) is 4.12. The van der Waals surface area contributed by atoms with Gasteiger partial charge >= 0.3 is 15.2 Å². The van der Waals surface area contributed by atoms with E-state index in [0.717, 1.165) is 0 Å². The SMILES string of the molecule is CCOP(=O)(CC(Cn1cnc2c(Cl)nc(I)nc21)CP(=O)(OCC)OCC)OCC. The highest BCUT2D eigenvalue weighted by Gasteiger charge is 2.35. The van der Waals surface area contributed by atoms with Gasteiger partial charge in [-0.1, -0.05) is 11.6 Å². The Kier molecular flexibility index (Phi) is 10.8. The monoisotopic (exact) mass is 608 g/mol. The summed E-state index contributed by atoms with van der Waals surface area (Å²) < 4.78 is 50.6. The standard InChI is InChI=1S/C17H28ClIN4O6P2/c1-5-26-30(24,27-6-2)10-13(11-31(25,28-7-3)29-8-4)9-23-12-20-14-15(18)21-17(19)22-16(14)23/h12-13H,5-11H2,1-4H3. The molecule has 0 saturated carbocycles. The van der Waals surface area contributed by atoms with Crippen molar-refractivity contribution in [2.24, 2.45) is 5.92 Å². The van der Waals surface area contributed by atoms with Gasteiger partial charge in [-0.05, 0) is 33.6 Å². The number of imidazole rings is 1. The van der Waals surface area contributed by atoms with Crippen LogP contribution in [-0.2, 0) is 33.8 Å². The van der Waals surface area contributed by atoms with Crippen molar-refractivity contribution in [2.75, 3.05) is 38.8 Å². The summed E-state index contributed by atoms with van der Waals surface area (Å²) in [5.41, 5.74) is 0.983. The first-order chi connectivity index (χ1) is 14.7. The predicted octanol–water partition coefficient (Wildman–Crippen LogP) is 5.23. The van der Waals surface area contributed by atoms with Crippen molar-refractivity contribution in [2.45, 2.75) is 34.2 Å². The largest absolute Gasteiger partial charge is 0.331 e. The Morgan fingerprint density at radius 1 is 0.968 bits per heavy atom.